The summed E-state index contributed by atoms with van der Waals surface area (Å²) in [6, 6.07) is 10.8. The number of urea groups is 1. The van der Waals surface area contributed by atoms with Crippen LogP contribution in [0.15, 0.2) is 42.1 Å². The van der Waals surface area contributed by atoms with Gasteiger partial charge in [0.1, 0.15) is 12.3 Å². The number of imide groups is 1. The van der Waals surface area contributed by atoms with Crippen LogP contribution in [-0.4, -0.2) is 23.4 Å². The zero-order valence-corrected chi connectivity index (χ0v) is 17.1. The van der Waals surface area contributed by atoms with Gasteiger partial charge in [0.15, 0.2) is 5.75 Å². The molecule has 146 valence electrons. The van der Waals surface area contributed by atoms with Gasteiger partial charge in [-0.3, -0.25) is 9.69 Å². The first-order valence-electron chi connectivity index (χ1n) is 8.91. The zero-order valence-electron chi connectivity index (χ0n) is 15.6. The predicted molar refractivity (Wildman–Crippen MR) is 110 cm³/mol. The second kappa shape index (κ2) is 8.67. The van der Waals surface area contributed by atoms with Crippen LogP contribution in [0.2, 0.25) is 10.0 Å². The Morgan fingerprint density at radius 2 is 1.75 bits per heavy atom. The Morgan fingerprint density at radius 1 is 1.11 bits per heavy atom. The van der Waals surface area contributed by atoms with Crippen molar-refractivity contribution >= 4 is 41.2 Å². The molecule has 0 bridgehead atoms. The van der Waals surface area contributed by atoms with Gasteiger partial charge in [0, 0.05) is 6.54 Å². The van der Waals surface area contributed by atoms with Crippen molar-refractivity contribution < 1.29 is 14.3 Å². The van der Waals surface area contributed by atoms with Gasteiger partial charge in [0.2, 0.25) is 0 Å². The molecule has 0 unspecified atom stereocenters. The van der Waals surface area contributed by atoms with Crippen molar-refractivity contribution in [2.75, 3.05) is 6.54 Å². The normalized spacial score (nSPS) is 15.3. The summed E-state index contributed by atoms with van der Waals surface area (Å²) in [7, 11) is 0. The number of hydrogen-bond acceptors (Lipinski definition) is 3. The van der Waals surface area contributed by atoms with Gasteiger partial charge < -0.3 is 10.1 Å². The summed E-state index contributed by atoms with van der Waals surface area (Å²) in [6.45, 7) is 4.62. The second-order valence-electron chi connectivity index (χ2n) is 6.53. The highest BCUT2D eigenvalue weighted by molar-refractivity contribution is 6.37. The van der Waals surface area contributed by atoms with E-state index in [1.807, 2.05) is 38.1 Å². The summed E-state index contributed by atoms with van der Waals surface area (Å²) in [6.07, 6.45) is 2.24. The average molecular weight is 419 g/mol. The van der Waals surface area contributed by atoms with Gasteiger partial charge in [-0.2, -0.15) is 0 Å². The van der Waals surface area contributed by atoms with Crippen molar-refractivity contribution in [3.8, 4) is 5.75 Å². The van der Waals surface area contributed by atoms with Crippen LogP contribution in [0.25, 0.3) is 6.08 Å². The van der Waals surface area contributed by atoms with Gasteiger partial charge in [0.05, 0.1) is 10.0 Å². The lowest BCUT2D eigenvalue weighted by atomic mass is 10.1. The largest absolute Gasteiger partial charge is 0.486 e. The van der Waals surface area contributed by atoms with Crippen molar-refractivity contribution in [2.45, 2.75) is 26.9 Å². The average Bonchev–Trinajstić information content (AvgIpc) is 2.90. The van der Waals surface area contributed by atoms with Crippen molar-refractivity contribution in [1.29, 1.82) is 0 Å². The third-order valence-corrected chi connectivity index (χ3v) is 4.81. The summed E-state index contributed by atoms with van der Waals surface area (Å²) in [4.78, 5) is 25.4. The molecule has 1 saturated heterocycles. The van der Waals surface area contributed by atoms with E-state index >= 15 is 0 Å². The number of nitrogens with zero attached hydrogens (tertiary/aromatic N) is 1. The number of ether oxygens (including phenoxy) is 1. The summed E-state index contributed by atoms with van der Waals surface area (Å²) in [5, 5.41) is 3.23. The van der Waals surface area contributed by atoms with Crippen LogP contribution in [0, 0.1) is 6.92 Å². The molecule has 2 aromatic rings. The van der Waals surface area contributed by atoms with E-state index < -0.39 is 6.03 Å². The topological polar surface area (TPSA) is 58.6 Å². The molecule has 1 aliphatic rings. The molecule has 0 spiro atoms. The second-order valence-corrected chi connectivity index (χ2v) is 7.35. The minimum absolute atomic E-state index is 0.193. The number of carbonyl (C=O) groups excluding carboxylic acids is 2. The fourth-order valence-corrected chi connectivity index (χ4v) is 3.42. The van der Waals surface area contributed by atoms with Crippen LogP contribution in [0.3, 0.4) is 0 Å². The van der Waals surface area contributed by atoms with Gasteiger partial charge in [-0.05, 0) is 42.7 Å². The van der Waals surface area contributed by atoms with Crippen LogP contribution in [0.4, 0.5) is 4.79 Å². The summed E-state index contributed by atoms with van der Waals surface area (Å²) in [5.41, 5.74) is 2.96. The van der Waals surface area contributed by atoms with Crippen LogP contribution < -0.4 is 10.1 Å². The van der Waals surface area contributed by atoms with Crippen molar-refractivity contribution in [3.05, 3.63) is 68.8 Å². The van der Waals surface area contributed by atoms with Crippen LogP contribution in [0.5, 0.6) is 5.75 Å². The number of benzene rings is 2. The monoisotopic (exact) mass is 418 g/mol. The fraction of sp³-hybridized carbons (Fsp3) is 0.238. The number of hydrogen-bond donors (Lipinski definition) is 1. The summed E-state index contributed by atoms with van der Waals surface area (Å²) < 4.78 is 5.78. The Bertz CT molecular complexity index is 916. The van der Waals surface area contributed by atoms with Gasteiger partial charge in [-0.15, -0.1) is 0 Å². The Kier molecular flexibility index (Phi) is 6.27. The molecular formula is C21H20Cl2N2O3. The summed E-state index contributed by atoms with van der Waals surface area (Å²) in [5.74, 6) is 0.0132. The third-order valence-electron chi connectivity index (χ3n) is 4.24. The standard InChI is InChI=1S/C21H20Cl2N2O3/c1-3-8-25-20(26)18(24-21(25)27)11-15-9-16(22)19(17(23)10-15)28-12-14-6-4-13(2)5-7-14/h4-7,9-11H,3,8,12H2,1-2H3,(H,24,27)/b18-11+. The maximum atomic E-state index is 12.3. The highest BCUT2D eigenvalue weighted by Gasteiger charge is 2.32. The lowest BCUT2D eigenvalue weighted by Crippen LogP contribution is -2.31. The molecule has 0 atom stereocenters. The minimum Gasteiger partial charge on any atom is -0.486 e. The van der Waals surface area contributed by atoms with Gasteiger partial charge >= 0.3 is 6.03 Å². The van der Waals surface area contributed by atoms with Crippen LogP contribution >= 0.6 is 23.2 Å². The molecule has 1 heterocycles. The maximum absolute atomic E-state index is 12.3. The molecule has 1 aliphatic heterocycles. The van der Waals surface area contributed by atoms with E-state index in [0.29, 0.717) is 40.9 Å². The van der Waals surface area contributed by atoms with Gasteiger partial charge in [0.25, 0.3) is 5.91 Å². The number of aryl methyl sites for hydroxylation is 1. The Labute approximate surface area is 173 Å². The molecule has 7 heteroatoms. The molecule has 2 aromatic carbocycles. The van der Waals surface area contributed by atoms with E-state index in [4.69, 9.17) is 27.9 Å². The number of rotatable bonds is 6. The molecule has 0 aromatic heterocycles. The van der Waals surface area contributed by atoms with E-state index in [2.05, 4.69) is 5.32 Å². The van der Waals surface area contributed by atoms with E-state index in [1.54, 1.807) is 18.2 Å². The van der Waals surface area contributed by atoms with E-state index in [0.717, 1.165) is 5.56 Å². The number of amides is 3. The Morgan fingerprint density at radius 3 is 2.36 bits per heavy atom. The molecule has 28 heavy (non-hydrogen) atoms. The number of halogens is 2. The summed E-state index contributed by atoms with van der Waals surface area (Å²) >= 11 is 12.7. The molecule has 0 radical (unpaired) electrons. The first-order chi connectivity index (χ1) is 13.4. The van der Waals surface area contributed by atoms with Gasteiger partial charge in [-0.25, -0.2) is 4.79 Å². The molecule has 1 N–H and O–H groups in total. The highest BCUT2D eigenvalue weighted by Crippen LogP contribution is 2.35. The molecular weight excluding hydrogens is 399 g/mol. The lowest BCUT2D eigenvalue weighted by molar-refractivity contribution is -0.122. The van der Waals surface area contributed by atoms with Crippen LogP contribution in [0.1, 0.15) is 30.0 Å². The number of carbonyl (C=O) groups is 2. The van der Waals surface area contributed by atoms with Crippen molar-refractivity contribution in [3.63, 3.8) is 0 Å². The molecule has 3 amide bonds. The quantitative estimate of drug-likeness (QED) is 0.518. The Balaban J connectivity index is 1.77. The first kappa shape index (κ1) is 20.2. The zero-order chi connectivity index (χ0) is 20.3. The van der Waals surface area contributed by atoms with E-state index in [-0.39, 0.29) is 11.6 Å². The lowest BCUT2D eigenvalue weighted by Gasteiger charge is -2.11. The van der Waals surface area contributed by atoms with Crippen LogP contribution in [-0.2, 0) is 11.4 Å². The SMILES string of the molecule is CCCN1C(=O)N/C(=C/c2cc(Cl)c(OCc3ccc(C)cc3)c(Cl)c2)C1=O. The van der Waals surface area contributed by atoms with E-state index in [9.17, 15) is 9.59 Å². The smallest absolute Gasteiger partial charge is 0.329 e. The molecule has 1 fully saturated rings. The van der Waals surface area contributed by atoms with E-state index in [1.165, 1.54) is 10.5 Å². The van der Waals surface area contributed by atoms with Crippen molar-refractivity contribution in [1.82, 2.24) is 10.2 Å². The highest BCUT2D eigenvalue weighted by atomic mass is 35.5. The maximum Gasteiger partial charge on any atom is 0.329 e. The van der Waals surface area contributed by atoms with Crippen molar-refractivity contribution in [2.24, 2.45) is 0 Å². The molecule has 0 aliphatic carbocycles. The Hall–Kier alpha value is -2.50. The first-order valence-corrected chi connectivity index (χ1v) is 9.66. The number of nitrogens with one attached hydrogen (secondary N) is 1. The third kappa shape index (κ3) is 4.49. The molecule has 0 saturated carbocycles. The molecule has 5 nitrogen and oxygen atoms in total. The van der Waals surface area contributed by atoms with Gasteiger partial charge in [-0.1, -0.05) is 60.0 Å². The minimum atomic E-state index is -0.423. The molecule has 3 rings (SSSR count). The fourth-order valence-electron chi connectivity index (χ4n) is 2.81. The predicted octanol–water partition coefficient (Wildman–Crippen LogP) is 5.18.